The Balaban J connectivity index is 1.14. The number of aromatic carboxylic acids is 1. The van der Waals surface area contributed by atoms with E-state index in [0.29, 0.717) is 48.9 Å². The highest BCUT2D eigenvalue weighted by Crippen LogP contribution is 2.76. The number of nitrogens with zero attached hydrogens (tertiary/aromatic N) is 1. The number of hydrogen-bond acceptors (Lipinski definition) is 5. The largest absolute Gasteiger partial charge is 0.478 e. The second kappa shape index (κ2) is 13.1. The number of rotatable bonds is 7. The molecular weight excluding hydrogens is 669 g/mol. The van der Waals surface area contributed by atoms with Crippen molar-refractivity contribution in [1.82, 2.24) is 10.2 Å². The van der Waals surface area contributed by atoms with Gasteiger partial charge >= 0.3 is 5.97 Å². The van der Waals surface area contributed by atoms with E-state index in [4.69, 9.17) is 0 Å². The van der Waals surface area contributed by atoms with E-state index in [1.54, 1.807) is 17.7 Å². The summed E-state index contributed by atoms with van der Waals surface area (Å²) in [7, 11) is -2.89. The zero-order valence-electron chi connectivity index (χ0n) is 32.9. The lowest BCUT2D eigenvalue weighted by atomic mass is 9.33. The van der Waals surface area contributed by atoms with Crippen LogP contribution in [0.25, 0.3) is 5.57 Å². The van der Waals surface area contributed by atoms with Gasteiger partial charge in [0.25, 0.3) is 0 Å². The van der Waals surface area contributed by atoms with Gasteiger partial charge in [0.1, 0.15) is 0 Å². The molecule has 3 saturated carbocycles. The van der Waals surface area contributed by atoms with Crippen LogP contribution in [0.4, 0.5) is 0 Å². The summed E-state index contributed by atoms with van der Waals surface area (Å²) in [6.45, 7) is 20.1. The molecule has 1 amide bonds. The van der Waals surface area contributed by atoms with E-state index in [9.17, 15) is 23.1 Å². The number of carboxylic acids is 1. The summed E-state index contributed by atoms with van der Waals surface area (Å²) in [5.41, 5.74) is 4.35. The molecule has 1 heterocycles. The molecule has 0 unspecified atom stereocenters. The van der Waals surface area contributed by atoms with Crippen molar-refractivity contribution in [3.05, 3.63) is 53.1 Å². The zero-order chi connectivity index (χ0) is 37.5. The van der Waals surface area contributed by atoms with Crippen molar-refractivity contribution < 1.29 is 23.1 Å². The second-order valence-electron chi connectivity index (χ2n) is 19.3. The van der Waals surface area contributed by atoms with Crippen LogP contribution >= 0.6 is 0 Å². The Morgan fingerprint density at radius 3 is 2.27 bits per heavy atom. The average Bonchev–Trinajstić information content (AvgIpc) is 3.09. The Bertz CT molecular complexity index is 1750. The van der Waals surface area contributed by atoms with E-state index >= 15 is 0 Å². The third-order valence-corrected chi connectivity index (χ3v) is 18.4. The molecule has 0 bridgehead atoms. The third kappa shape index (κ3) is 5.78. The quantitative estimate of drug-likeness (QED) is 0.216. The number of benzene rings is 1. The maximum Gasteiger partial charge on any atom is 0.335 e. The molecule has 6 aliphatic rings. The van der Waals surface area contributed by atoms with Crippen LogP contribution in [-0.4, -0.2) is 68.0 Å². The number of fused-ring (bicyclic) bond motifs is 7. The Kier molecular flexibility index (Phi) is 9.53. The Morgan fingerprint density at radius 1 is 0.904 bits per heavy atom. The van der Waals surface area contributed by atoms with E-state index in [1.165, 1.54) is 18.4 Å². The first-order chi connectivity index (χ1) is 24.4. The molecule has 52 heavy (non-hydrogen) atoms. The van der Waals surface area contributed by atoms with Gasteiger partial charge in [-0.15, -0.1) is 0 Å². The highest BCUT2D eigenvalue weighted by molar-refractivity contribution is 7.91. The van der Waals surface area contributed by atoms with E-state index in [0.717, 1.165) is 57.1 Å². The van der Waals surface area contributed by atoms with Gasteiger partial charge in [-0.25, -0.2) is 13.2 Å². The molecule has 7 rings (SSSR count). The van der Waals surface area contributed by atoms with Crippen LogP contribution in [0.1, 0.15) is 122 Å². The van der Waals surface area contributed by atoms with Gasteiger partial charge in [-0.3, -0.25) is 4.79 Å². The molecule has 7 nitrogen and oxygen atoms in total. The van der Waals surface area contributed by atoms with E-state index < -0.39 is 15.8 Å². The zero-order valence-corrected chi connectivity index (χ0v) is 33.7. The van der Waals surface area contributed by atoms with Crippen molar-refractivity contribution in [3.63, 3.8) is 0 Å². The van der Waals surface area contributed by atoms with Gasteiger partial charge in [0, 0.05) is 19.6 Å². The molecule has 1 aromatic carbocycles. The molecule has 1 aliphatic heterocycles. The van der Waals surface area contributed by atoms with E-state index in [1.807, 2.05) is 12.1 Å². The molecule has 9 atom stereocenters. The molecular formula is C44H64N2O5S. The van der Waals surface area contributed by atoms with E-state index in [2.05, 4.69) is 70.8 Å². The minimum absolute atomic E-state index is 0.0389. The first-order valence-electron chi connectivity index (χ1n) is 20.4. The lowest BCUT2D eigenvalue weighted by Gasteiger charge is -2.71. The van der Waals surface area contributed by atoms with Crippen LogP contribution < -0.4 is 5.32 Å². The van der Waals surface area contributed by atoms with Crippen LogP contribution in [0.5, 0.6) is 0 Å². The normalized spacial score (nSPS) is 40.9. The fraction of sp³-hybridized carbons (Fsp3) is 0.727. The standard InChI is InChI=1S/C44H64N2O5S/c1-29-15-20-44(39(49)45-23-8-24-46-25-27-52(50,51)28-26-46)22-21-42(6)34(37(44)30(29)2)13-14-36-41(5)18-16-33(31-9-11-32(12-10-31)38(47)48)40(3,4)35(41)17-19-43(36,42)7/h9-13,16,29-30,35-37H,8,14-15,17-28H2,1-7H3,(H,45,49)(H,47,48)/t29-,30+,35+,36-,37+,41+,42-,43-,44+/m1/s1. The lowest BCUT2D eigenvalue weighted by molar-refractivity contribution is -0.169. The summed E-state index contributed by atoms with van der Waals surface area (Å²) in [6, 6.07) is 7.50. The summed E-state index contributed by atoms with van der Waals surface area (Å²) >= 11 is 0. The lowest BCUT2D eigenvalue weighted by Crippen LogP contribution is -2.64. The van der Waals surface area contributed by atoms with Crippen molar-refractivity contribution in [1.29, 1.82) is 0 Å². The molecule has 0 spiro atoms. The van der Waals surface area contributed by atoms with Crippen molar-refractivity contribution in [2.45, 2.75) is 106 Å². The number of carboxylic acid groups (broad SMARTS) is 1. The van der Waals surface area contributed by atoms with Gasteiger partial charge in [-0.1, -0.05) is 78.3 Å². The molecule has 0 radical (unpaired) electrons. The molecule has 5 aliphatic carbocycles. The molecule has 1 aromatic rings. The van der Waals surface area contributed by atoms with Crippen molar-refractivity contribution in [3.8, 4) is 0 Å². The SMILES string of the molecule is C[C@H]1[C@H](C)CC[C@]2(C(=O)NCCCN3CCS(=O)(=O)CC3)CC[C@]3(C)C(=CC[C@@H]4[C@@]5(C)CC=C(c6ccc(C(=O)O)cc6)C(C)(C)[C@@H]5CC[C@]43C)[C@H]12. The number of allylic oxidation sites excluding steroid dienone is 4. The molecule has 8 heteroatoms. The molecule has 2 N–H and O–H groups in total. The summed E-state index contributed by atoms with van der Waals surface area (Å²) in [6.07, 6.45) is 14.5. The van der Waals surface area contributed by atoms with Gasteiger partial charge in [-0.2, -0.15) is 0 Å². The number of hydrogen-bond donors (Lipinski definition) is 2. The van der Waals surface area contributed by atoms with Crippen LogP contribution in [0, 0.1) is 56.7 Å². The smallest absolute Gasteiger partial charge is 0.335 e. The summed E-state index contributed by atoms with van der Waals surface area (Å²) in [4.78, 5) is 28.3. The van der Waals surface area contributed by atoms with Gasteiger partial charge in [0.2, 0.25) is 5.91 Å². The number of nitrogens with one attached hydrogen (secondary N) is 1. The number of carbonyl (C=O) groups is 2. The monoisotopic (exact) mass is 732 g/mol. The fourth-order valence-electron chi connectivity index (χ4n) is 13.4. The first-order valence-corrected chi connectivity index (χ1v) is 22.2. The van der Waals surface area contributed by atoms with Crippen LogP contribution in [-0.2, 0) is 14.6 Å². The topological polar surface area (TPSA) is 104 Å². The molecule has 0 aromatic heterocycles. The van der Waals surface area contributed by atoms with Gasteiger partial charge < -0.3 is 15.3 Å². The van der Waals surface area contributed by atoms with Crippen molar-refractivity contribution >= 4 is 27.3 Å². The van der Waals surface area contributed by atoms with Gasteiger partial charge in [0.05, 0.1) is 22.5 Å². The van der Waals surface area contributed by atoms with Crippen LogP contribution in [0.15, 0.2) is 42.0 Å². The fourth-order valence-corrected chi connectivity index (χ4v) is 14.7. The minimum Gasteiger partial charge on any atom is -0.478 e. The number of sulfone groups is 1. The van der Waals surface area contributed by atoms with Crippen molar-refractivity contribution in [2.24, 2.45) is 56.7 Å². The van der Waals surface area contributed by atoms with Crippen LogP contribution in [0.3, 0.4) is 0 Å². The Labute approximate surface area is 313 Å². The number of amides is 1. The highest BCUT2D eigenvalue weighted by Gasteiger charge is 2.69. The molecule has 4 fully saturated rings. The van der Waals surface area contributed by atoms with Crippen molar-refractivity contribution in [2.75, 3.05) is 37.7 Å². The number of carbonyl (C=O) groups excluding carboxylic acids is 1. The van der Waals surface area contributed by atoms with Crippen LogP contribution in [0.2, 0.25) is 0 Å². The predicted octanol–water partition coefficient (Wildman–Crippen LogP) is 8.27. The maximum absolute atomic E-state index is 14.5. The summed E-state index contributed by atoms with van der Waals surface area (Å²) in [5, 5.41) is 12.9. The maximum atomic E-state index is 14.5. The second-order valence-corrected chi connectivity index (χ2v) is 21.6. The van der Waals surface area contributed by atoms with Gasteiger partial charge in [0.15, 0.2) is 9.84 Å². The molecule has 1 saturated heterocycles. The average molecular weight is 733 g/mol. The minimum atomic E-state index is -2.89. The third-order valence-electron chi connectivity index (χ3n) is 16.8. The predicted molar refractivity (Wildman–Crippen MR) is 208 cm³/mol. The van der Waals surface area contributed by atoms with Gasteiger partial charge in [-0.05, 0) is 139 Å². The molecule has 286 valence electrons. The summed E-state index contributed by atoms with van der Waals surface area (Å²) < 4.78 is 23.8. The first kappa shape index (κ1) is 37.8. The summed E-state index contributed by atoms with van der Waals surface area (Å²) in [5.74, 6) is 2.20. The highest BCUT2D eigenvalue weighted by atomic mass is 32.2. The van der Waals surface area contributed by atoms with E-state index in [-0.39, 0.29) is 50.4 Å². The Hall–Kier alpha value is -2.45. The Morgan fingerprint density at radius 2 is 1.60 bits per heavy atom.